The zero-order valence-electron chi connectivity index (χ0n) is 22.4. The van der Waals surface area contributed by atoms with Crippen LogP contribution in [-0.4, -0.2) is 84.5 Å². The fourth-order valence-electron chi connectivity index (χ4n) is 6.48. The number of nitrogens with zero attached hydrogens (tertiary/aromatic N) is 1. The maximum absolute atomic E-state index is 13.7. The summed E-state index contributed by atoms with van der Waals surface area (Å²) < 4.78 is 27.8. The second-order valence-electron chi connectivity index (χ2n) is 11.1. The van der Waals surface area contributed by atoms with Crippen molar-refractivity contribution >= 4 is 11.9 Å². The van der Waals surface area contributed by atoms with E-state index in [1.165, 1.54) is 7.11 Å². The van der Waals surface area contributed by atoms with E-state index in [4.69, 9.17) is 18.9 Å². The summed E-state index contributed by atoms with van der Waals surface area (Å²) in [6.45, 7) is 5.70. The maximum Gasteiger partial charge on any atom is 0.342 e. The molecular weight excluding hydrogens is 494 g/mol. The van der Waals surface area contributed by atoms with E-state index < -0.39 is 35.3 Å². The van der Waals surface area contributed by atoms with Crippen LogP contribution in [0.4, 0.5) is 0 Å². The van der Waals surface area contributed by atoms with Crippen molar-refractivity contribution in [2.24, 2.45) is 5.92 Å². The smallest absolute Gasteiger partial charge is 0.342 e. The highest BCUT2D eigenvalue weighted by atomic mass is 16.7. The van der Waals surface area contributed by atoms with Gasteiger partial charge in [0.05, 0.1) is 25.7 Å². The first-order chi connectivity index (χ1) is 18.1. The van der Waals surface area contributed by atoms with E-state index in [2.05, 4.69) is 9.64 Å². The first-order valence-corrected chi connectivity index (χ1v) is 13.3. The molecule has 1 aromatic rings. The third-order valence-corrected chi connectivity index (χ3v) is 8.53. The van der Waals surface area contributed by atoms with Gasteiger partial charge in [-0.25, -0.2) is 9.59 Å². The highest BCUT2D eigenvalue weighted by Crippen LogP contribution is 2.55. The van der Waals surface area contributed by atoms with Crippen LogP contribution in [0.1, 0.15) is 56.6 Å². The second kappa shape index (κ2) is 10.1. The van der Waals surface area contributed by atoms with Crippen molar-refractivity contribution in [3.8, 4) is 11.5 Å². The zero-order valence-corrected chi connectivity index (χ0v) is 22.4. The van der Waals surface area contributed by atoms with Crippen molar-refractivity contribution in [3.05, 3.63) is 35.1 Å². The molecule has 1 fully saturated rings. The molecule has 0 unspecified atom stereocenters. The van der Waals surface area contributed by atoms with E-state index in [0.717, 1.165) is 50.6 Å². The molecule has 0 bridgehead atoms. The van der Waals surface area contributed by atoms with E-state index in [0.29, 0.717) is 23.7 Å². The number of fused-ring (bicyclic) bond motifs is 3. The van der Waals surface area contributed by atoms with Crippen LogP contribution in [0.25, 0.3) is 0 Å². The van der Waals surface area contributed by atoms with Crippen LogP contribution < -0.4 is 9.47 Å². The summed E-state index contributed by atoms with van der Waals surface area (Å²) in [6, 6.07) is 3.96. The lowest BCUT2D eigenvalue weighted by atomic mass is 9.77. The van der Waals surface area contributed by atoms with Crippen LogP contribution in [0.3, 0.4) is 0 Å². The van der Waals surface area contributed by atoms with Gasteiger partial charge in [-0.15, -0.1) is 0 Å². The molecule has 0 amide bonds. The molecule has 4 aliphatic rings. The van der Waals surface area contributed by atoms with Gasteiger partial charge in [0, 0.05) is 6.54 Å². The van der Waals surface area contributed by atoms with Crippen LogP contribution in [0.2, 0.25) is 0 Å². The van der Waals surface area contributed by atoms with Gasteiger partial charge in [-0.05, 0) is 73.9 Å². The number of benzene rings is 1. The topological polar surface area (TPSA) is 124 Å². The monoisotopic (exact) mass is 531 g/mol. The number of carbonyl (C=O) groups is 2. The number of methoxy groups -OCH3 is 2. The van der Waals surface area contributed by atoms with Gasteiger partial charge in [0.15, 0.2) is 29.3 Å². The Morgan fingerprint density at radius 1 is 1.21 bits per heavy atom. The summed E-state index contributed by atoms with van der Waals surface area (Å²) >= 11 is 0. The summed E-state index contributed by atoms with van der Waals surface area (Å²) in [6.07, 6.45) is 1.88. The Hall–Kier alpha value is -2.82. The molecule has 2 N–H and O–H groups in total. The lowest BCUT2D eigenvalue weighted by Gasteiger charge is -2.40. The van der Waals surface area contributed by atoms with Gasteiger partial charge in [0.25, 0.3) is 0 Å². The predicted molar refractivity (Wildman–Crippen MR) is 135 cm³/mol. The molecule has 5 atom stereocenters. The number of carbonyl (C=O) groups excluding carboxylic acids is 2. The molecule has 3 aliphatic heterocycles. The molecular formula is C28H37NO9. The van der Waals surface area contributed by atoms with Gasteiger partial charge < -0.3 is 33.9 Å². The third kappa shape index (κ3) is 4.23. The lowest BCUT2D eigenvalue weighted by molar-refractivity contribution is -0.195. The average Bonchev–Trinajstić information content (AvgIpc) is 3.59. The number of hydrogen-bond donors (Lipinski definition) is 2. The van der Waals surface area contributed by atoms with E-state index >= 15 is 0 Å². The van der Waals surface area contributed by atoms with Crippen molar-refractivity contribution in [2.45, 2.75) is 75.2 Å². The zero-order chi connectivity index (χ0) is 27.2. The van der Waals surface area contributed by atoms with Gasteiger partial charge in [0.1, 0.15) is 5.76 Å². The van der Waals surface area contributed by atoms with Gasteiger partial charge >= 0.3 is 11.9 Å². The number of aliphatic hydroxyl groups excluding tert-OH is 1. The Labute approximate surface area is 222 Å². The molecule has 0 aromatic heterocycles. The van der Waals surface area contributed by atoms with Crippen molar-refractivity contribution < 1.29 is 43.5 Å². The Morgan fingerprint density at radius 3 is 2.63 bits per heavy atom. The van der Waals surface area contributed by atoms with Crippen molar-refractivity contribution in [1.29, 1.82) is 0 Å². The van der Waals surface area contributed by atoms with Gasteiger partial charge in [0.2, 0.25) is 6.79 Å². The average molecular weight is 532 g/mol. The summed E-state index contributed by atoms with van der Waals surface area (Å²) in [5, 5.41) is 22.1. The molecule has 3 heterocycles. The number of aliphatic hydroxyl groups is 2. The van der Waals surface area contributed by atoms with Gasteiger partial charge in [-0.3, -0.25) is 4.90 Å². The molecule has 38 heavy (non-hydrogen) atoms. The Bertz CT molecular complexity index is 1130. The molecule has 0 saturated carbocycles. The normalized spacial score (nSPS) is 27.9. The van der Waals surface area contributed by atoms with Crippen molar-refractivity contribution in [3.63, 3.8) is 0 Å². The minimum atomic E-state index is -2.48. The Kier molecular flexibility index (Phi) is 7.08. The first-order valence-electron chi connectivity index (χ1n) is 13.3. The fourth-order valence-corrected chi connectivity index (χ4v) is 6.48. The minimum absolute atomic E-state index is 0.105. The van der Waals surface area contributed by atoms with Crippen LogP contribution in [0.15, 0.2) is 24.0 Å². The van der Waals surface area contributed by atoms with E-state index in [-0.39, 0.29) is 25.0 Å². The molecule has 1 spiro atoms. The van der Waals surface area contributed by atoms with Crippen molar-refractivity contribution in [2.75, 3.05) is 34.1 Å². The number of rotatable bonds is 8. The largest absolute Gasteiger partial charge is 0.497 e. The Morgan fingerprint density at radius 2 is 1.95 bits per heavy atom. The first kappa shape index (κ1) is 26.8. The van der Waals surface area contributed by atoms with Crippen LogP contribution in [-0.2, 0) is 30.2 Å². The second-order valence-corrected chi connectivity index (χ2v) is 11.1. The van der Waals surface area contributed by atoms with E-state index in [1.54, 1.807) is 0 Å². The lowest BCUT2D eigenvalue weighted by Crippen LogP contribution is -2.56. The molecule has 5 rings (SSSR count). The van der Waals surface area contributed by atoms with E-state index in [9.17, 15) is 19.8 Å². The summed E-state index contributed by atoms with van der Waals surface area (Å²) in [7, 11) is 2.62. The molecule has 1 aliphatic carbocycles. The van der Waals surface area contributed by atoms with Crippen molar-refractivity contribution in [1.82, 2.24) is 4.90 Å². The standard InChI is InChI=1S/C28H37NO9/c1-16(2)6-9-28(33,24(30)25(31)35-4)26(32)38-23-21(34-3)14-27-8-5-10-29(27)11-7-17-12-19-20(37-15-36-19)13-18(17)22(23)27/h12-14,16,22-24,30,33H,5-11,15H2,1-4H3/t22-,23-,24+,27-,28+/m0/s1. The predicted octanol–water partition coefficient (Wildman–Crippen LogP) is 2.05. The van der Waals surface area contributed by atoms with Crippen LogP contribution in [0.5, 0.6) is 11.5 Å². The van der Waals surface area contributed by atoms with Gasteiger partial charge in [-0.1, -0.05) is 13.8 Å². The molecule has 1 saturated heterocycles. The molecule has 1 aromatic carbocycles. The minimum Gasteiger partial charge on any atom is -0.497 e. The van der Waals surface area contributed by atoms with Gasteiger partial charge in [-0.2, -0.15) is 0 Å². The highest BCUT2D eigenvalue weighted by molar-refractivity contribution is 5.89. The maximum atomic E-state index is 13.7. The highest BCUT2D eigenvalue weighted by Gasteiger charge is 2.59. The quantitative estimate of drug-likeness (QED) is 0.482. The molecule has 208 valence electrons. The summed E-state index contributed by atoms with van der Waals surface area (Å²) in [4.78, 5) is 28.4. The summed E-state index contributed by atoms with van der Waals surface area (Å²) in [5.74, 6) is -0.634. The number of esters is 2. The third-order valence-electron chi connectivity index (χ3n) is 8.53. The molecule has 10 heteroatoms. The van der Waals surface area contributed by atoms with Crippen LogP contribution >= 0.6 is 0 Å². The van der Waals surface area contributed by atoms with E-state index in [1.807, 2.05) is 32.1 Å². The fraction of sp³-hybridized carbons (Fsp3) is 0.643. The molecule has 0 radical (unpaired) electrons. The number of hydrogen-bond acceptors (Lipinski definition) is 10. The summed E-state index contributed by atoms with van der Waals surface area (Å²) in [5.41, 5.74) is -0.890. The SMILES string of the molecule is COC(=O)[C@@H](O)[C@](O)(CCC(C)C)C(=O)O[C@H]1C(OC)=C[C@]23CCCN2CCc2cc4c(cc2[C@@H]13)OCO4. The number of ether oxygens (including phenoxy) is 5. The Balaban J connectivity index is 1.56. The molecule has 10 nitrogen and oxygen atoms in total. The van der Waals surface area contributed by atoms with Crippen LogP contribution in [0, 0.1) is 5.92 Å².